The maximum atomic E-state index is 12.9. The molecule has 0 aliphatic rings. The van der Waals surface area contributed by atoms with Crippen molar-refractivity contribution in [3.8, 4) is 0 Å². The summed E-state index contributed by atoms with van der Waals surface area (Å²) in [6.07, 6.45) is -4.52. The van der Waals surface area contributed by atoms with E-state index in [9.17, 15) is 18.0 Å². The number of halogens is 3. The standard InChI is InChI=1S/C12H12F3N5OS/c1-6-9(10(21)20(19-6)11(16)22)18-17-8-5-3-2-4-7(8)12(13,14)15/h2-5,17-19H,1H3,(H2,16,22). The Bertz CT molecular complexity index is 765. The molecule has 2 rings (SSSR count). The van der Waals surface area contributed by atoms with Gasteiger partial charge < -0.3 is 11.2 Å². The van der Waals surface area contributed by atoms with Crippen molar-refractivity contribution < 1.29 is 13.2 Å². The molecule has 0 unspecified atom stereocenters. The van der Waals surface area contributed by atoms with Gasteiger partial charge in [-0.15, -0.1) is 0 Å². The van der Waals surface area contributed by atoms with E-state index in [0.717, 1.165) is 10.7 Å². The van der Waals surface area contributed by atoms with Gasteiger partial charge >= 0.3 is 6.18 Å². The van der Waals surface area contributed by atoms with Crippen molar-refractivity contribution in [1.29, 1.82) is 0 Å². The lowest BCUT2D eigenvalue weighted by molar-refractivity contribution is -0.136. The number of nitrogens with zero attached hydrogens (tertiary/aromatic N) is 1. The van der Waals surface area contributed by atoms with E-state index in [4.69, 9.17) is 5.73 Å². The SMILES string of the molecule is Cc1[nH]n(C(N)=S)c(=O)c1NNc1ccccc1C(F)(F)F. The minimum atomic E-state index is -4.52. The van der Waals surface area contributed by atoms with E-state index in [1.54, 1.807) is 6.92 Å². The van der Waals surface area contributed by atoms with Crippen LogP contribution in [-0.2, 0) is 6.18 Å². The van der Waals surface area contributed by atoms with Gasteiger partial charge in [0.15, 0.2) is 5.11 Å². The number of H-pyrrole nitrogens is 1. The Morgan fingerprint density at radius 2 is 1.95 bits per heavy atom. The van der Waals surface area contributed by atoms with E-state index < -0.39 is 17.3 Å². The largest absolute Gasteiger partial charge is 0.418 e. The zero-order valence-corrected chi connectivity index (χ0v) is 12.1. The number of hydrogen-bond acceptors (Lipinski definition) is 4. The van der Waals surface area contributed by atoms with Crippen LogP contribution in [0.2, 0.25) is 0 Å². The number of hydrogen-bond donors (Lipinski definition) is 4. The first-order chi connectivity index (χ1) is 10.2. The molecule has 0 amide bonds. The molecule has 0 fully saturated rings. The molecule has 0 saturated carbocycles. The maximum Gasteiger partial charge on any atom is 0.418 e. The Labute approximate surface area is 128 Å². The molecule has 0 radical (unpaired) electrons. The van der Waals surface area contributed by atoms with Gasteiger partial charge in [0.05, 0.1) is 16.9 Å². The van der Waals surface area contributed by atoms with Crippen molar-refractivity contribution >= 4 is 28.7 Å². The number of rotatable bonds is 3. The Balaban J connectivity index is 2.29. The van der Waals surface area contributed by atoms with Gasteiger partial charge in [-0.3, -0.25) is 15.3 Å². The zero-order valence-electron chi connectivity index (χ0n) is 11.3. The molecular formula is C12H12F3N5OS. The summed E-state index contributed by atoms with van der Waals surface area (Å²) in [6.45, 7) is 1.55. The second kappa shape index (κ2) is 5.72. The Morgan fingerprint density at radius 1 is 1.32 bits per heavy atom. The number of nitrogens with two attached hydrogens (primary N) is 1. The molecule has 1 aromatic heterocycles. The lowest BCUT2D eigenvalue weighted by Crippen LogP contribution is -2.31. The van der Waals surface area contributed by atoms with Gasteiger partial charge in [0.2, 0.25) is 0 Å². The third kappa shape index (κ3) is 3.06. The Kier molecular flexibility index (Phi) is 4.13. The number of aryl methyl sites for hydroxylation is 1. The van der Waals surface area contributed by atoms with Crippen LogP contribution in [-0.4, -0.2) is 14.9 Å². The minimum Gasteiger partial charge on any atom is -0.374 e. The predicted molar refractivity (Wildman–Crippen MR) is 80.7 cm³/mol. The molecule has 118 valence electrons. The van der Waals surface area contributed by atoms with Crippen molar-refractivity contribution in [3.63, 3.8) is 0 Å². The fourth-order valence-electron chi connectivity index (χ4n) is 1.82. The van der Waals surface area contributed by atoms with Crippen LogP contribution in [0.1, 0.15) is 11.3 Å². The highest BCUT2D eigenvalue weighted by Gasteiger charge is 2.33. The summed E-state index contributed by atoms with van der Waals surface area (Å²) in [6, 6.07) is 4.89. The third-order valence-electron chi connectivity index (χ3n) is 2.85. The normalized spacial score (nSPS) is 11.3. The number of thiocarbonyl (C=S) groups is 1. The lowest BCUT2D eigenvalue weighted by Gasteiger charge is -2.14. The summed E-state index contributed by atoms with van der Waals surface area (Å²) in [5.41, 5.74) is 8.92. The third-order valence-corrected chi connectivity index (χ3v) is 3.03. The fourth-order valence-corrected chi connectivity index (χ4v) is 1.95. The predicted octanol–water partition coefficient (Wildman–Crippen LogP) is 2.03. The number of anilines is 2. The summed E-state index contributed by atoms with van der Waals surface area (Å²) >= 11 is 4.68. The number of para-hydroxylation sites is 1. The van der Waals surface area contributed by atoms with Gasteiger partial charge in [-0.05, 0) is 31.3 Å². The second-order valence-corrected chi connectivity index (χ2v) is 4.80. The van der Waals surface area contributed by atoms with Crippen molar-refractivity contribution in [1.82, 2.24) is 9.78 Å². The van der Waals surface area contributed by atoms with E-state index in [1.165, 1.54) is 18.2 Å². The van der Waals surface area contributed by atoms with Crippen molar-refractivity contribution in [3.05, 3.63) is 45.9 Å². The van der Waals surface area contributed by atoms with Crippen molar-refractivity contribution in [2.45, 2.75) is 13.1 Å². The molecule has 0 aliphatic heterocycles. The molecule has 2 aromatic rings. The van der Waals surface area contributed by atoms with Crippen LogP contribution < -0.4 is 22.1 Å². The fraction of sp³-hybridized carbons (Fsp3) is 0.167. The molecule has 10 heteroatoms. The number of aromatic nitrogens is 2. The molecule has 0 aliphatic carbocycles. The van der Waals surface area contributed by atoms with E-state index in [0.29, 0.717) is 5.69 Å². The van der Waals surface area contributed by atoms with Crippen LogP contribution in [0.15, 0.2) is 29.1 Å². The molecule has 5 N–H and O–H groups in total. The minimum absolute atomic E-state index is 0.0183. The molecule has 0 saturated heterocycles. The quantitative estimate of drug-likeness (QED) is 0.511. The van der Waals surface area contributed by atoms with Crippen LogP contribution in [0.5, 0.6) is 0 Å². The molecule has 0 atom stereocenters. The van der Waals surface area contributed by atoms with Crippen LogP contribution >= 0.6 is 12.2 Å². The van der Waals surface area contributed by atoms with Crippen LogP contribution in [0, 0.1) is 6.92 Å². The molecule has 0 bridgehead atoms. The van der Waals surface area contributed by atoms with Crippen molar-refractivity contribution in [2.24, 2.45) is 5.73 Å². The number of benzene rings is 1. The molecule has 1 heterocycles. The summed E-state index contributed by atoms with van der Waals surface area (Å²) in [5, 5.41) is 2.41. The van der Waals surface area contributed by atoms with E-state index in [2.05, 4.69) is 28.2 Å². The van der Waals surface area contributed by atoms with Gasteiger partial charge in [0, 0.05) is 0 Å². The number of aromatic amines is 1. The zero-order chi connectivity index (χ0) is 16.5. The molecule has 0 spiro atoms. The van der Waals surface area contributed by atoms with Crippen LogP contribution in [0.4, 0.5) is 24.5 Å². The smallest absolute Gasteiger partial charge is 0.374 e. The van der Waals surface area contributed by atoms with Gasteiger partial charge in [0.25, 0.3) is 5.56 Å². The highest BCUT2D eigenvalue weighted by atomic mass is 32.1. The topological polar surface area (TPSA) is 87.9 Å². The Morgan fingerprint density at radius 3 is 2.50 bits per heavy atom. The van der Waals surface area contributed by atoms with Gasteiger partial charge in [-0.25, -0.2) is 0 Å². The first-order valence-corrected chi connectivity index (χ1v) is 6.42. The van der Waals surface area contributed by atoms with Gasteiger partial charge in [0.1, 0.15) is 5.69 Å². The average molecular weight is 331 g/mol. The lowest BCUT2D eigenvalue weighted by atomic mass is 10.2. The van der Waals surface area contributed by atoms with Crippen LogP contribution in [0.3, 0.4) is 0 Å². The molecule has 22 heavy (non-hydrogen) atoms. The molecular weight excluding hydrogens is 319 g/mol. The summed E-state index contributed by atoms with van der Waals surface area (Å²) in [4.78, 5) is 12.0. The summed E-state index contributed by atoms with van der Waals surface area (Å²) in [7, 11) is 0. The first kappa shape index (κ1) is 15.9. The summed E-state index contributed by atoms with van der Waals surface area (Å²) < 4.78 is 39.5. The number of nitrogens with one attached hydrogen (secondary N) is 3. The highest BCUT2D eigenvalue weighted by Crippen LogP contribution is 2.34. The highest BCUT2D eigenvalue weighted by molar-refractivity contribution is 7.80. The van der Waals surface area contributed by atoms with Gasteiger partial charge in [-0.1, -0.05) is 12.1 Å². The number of alkyl halides is 3. The summed E-state index contributed by atoms with van der Waals surface area (Å²) in [5.74, 6) is 0. The molecule has 6 nitrogen and oxygen atoms in total. The van der Waals surface area contributed by atoms with Crippen LogP contribution in [0.25, 0.3) is 0 Å². The van der Waals surface area contributed by atoms with Gasteiger partial charge in [-0.2, -0.15) is 17.9 Å². The molecule has 1 aromatic carbocycles. The van der Waals surface area contributed by atoms with E-state index >= 15 is 0 Å². The number of hydrazine groups is 1. The second-order valence-electron chi connectivity index (χ2n) is 4.38. The first-order valence-electron chi connectivity index (χ1n) is 6.01. The van der Waals surface area contributed by atoms with E-state index in [1.807, 2.05) is 0 Å². The van der Waals surface area contributed by atoms with E-state index in [-0.39, 0.29) is 16.5 Å². The van der Waals surface area contributed by atoms with Crippen molar-refractivity contribution in [2.75, 3.05) is 10.9 Å². The monoisotopic (exact) mass is 331 g/mol. The average Bonchev–Trinajstić information content (AvgIpc) is 2.71. The maximum absolute atomic E-state index is 12.9. The Hall–Kier alpha value is -2.49.